The number of likely N-dealkylation sites (N-methyl/N-ethyl adjacent to an activating group) is 1. The molecule has 1 fully saturated rings. The minimum absolute atomic E-state index is 0.171. The third kappa shape index (κ3) is 1.79. The first-order chi connectivity index (χ1) is 7.13. The zero-order chi connectivity index (χ0) is 12.8. The molecule has 0 radical (unpaired) electrons. The summed E-state index contributed by atoms with van der Waals surface area (Å²) < 4.78 is 0.407. The zero-order valence-electron chi connectivity index (χ0n) is 11.2. The number of carbonyl (C=O) groups is 1. The van der Waals surface area contributed by atoms with Crippen LogP contribution in [0.5, 0.6) is 0 Å². The Morgan fingerprint density at radius 1 is 1.44 bits per heavy atom. The Bertz CT molecular complexity index is 293. The summed E-state index contributed by atoms with van der Waals surface area (Å²) in [4.78, 5) is 12.1. The molecule has 0 spiro atoms. The van der Waals surface area contributed by atoms with Crippen LogP contribution in [0.2, 0.25) is 0 Å². The monoisotopic (exact) mass is 228 g/mol. The van der Waals surface area contributed by atoms with Gasteiger partial charge in [-0.1, -0.05) is 6.92 Å². The summed E-state index contributed by atoms with van der Waals surface area (Å²) in [5.41, 5.74) is 11.6. The van der Waals surface area contributed by atoms with Gasteiger partial charge in [-0.15, -0.1) is 0 Å². The van der Waals surface area contributed by atoms with E-state index < -0.39 is 5.66 Å². The van der Waals surface area contributed by atoms with Crippen molar-refractivity contribution in [1.82, 2.24) is 0 Å². The number of nitrogens with two attached hydrogens (primary N) is 2. The molecule has 1 amide bonds. The average Bonchev–Trinajstić information content (AvgIpc) is 2.60. The number of quaternary nitrogens is 1. The SMILES string of the molecule is CCC(=O)[N+]1(CC)C(CC(C)(C)N)C1(C)N. The quantitative estimate of drug-likeness (QED) is 0.556. The fourth-order valence-electron chi connectivity index (χ4n) is 3.05. The summed E-state index contributed by atoms with van der Waals surface area (Å²) >= 11 is 0. The molecule has 1 aliphatic rings. The van der Waals surface area contributed by atoms with Crippen LogP contribution in [-0.4, -0.2) is 34.2 Å². The lowest BCUT2D eigenvalue weighted by atomic mass is 9.97. The first-order valence-corrected chi connectivity index (χ1v) is 6.12. The molecular weight excluding hydrogens is 202 g/mol. The van der Waals surface area contributed by atoms with E-state index in [4.69, 9.17) is 11.5 Å². The molecule has 0 aromatic heterocycles. The number of carbonyl (C=O) groups excluding carboxylic acids is 1. The van der Waals surface area contributed by atoms with Gasteiger partial charge in [0.25, 0.3) is 0 Å². The van der Waals surface area contributed by atoms with Gasteiger partial charge in [-0.05, 0) is 20.8 Å². The molecule has 1 rings (SSSR count). The van der Waals surface area contributed by atoms with Crippen LogP contribution < -0.4 is 11.5 Å². The van der Waals surface area contributed by atoms with E-state index in [-0.39, 0.29) is 17.5 Å². The summed E-state index contributed by atoms with van der Waals surface area (Å²) in [5, 5.41) is 0. The summed E-state index contributed by atoms with van der Waals surface area (Å²) in [6, 6.07) is 0.171. The van der Waals surface area contributed by atoms with Crippen molar-refractivity contribution in [1.29, 1.82) is 0 Å². The lowest BCUT2D eigenvalue weighted by molar-refractivity contribution is -0.761. The highest BCUT2D eigenvalue weighted by molar-refractivity contribution is 5.71. The van der Waals surface area contributed by atoms with Crippen molar-refractivity contribution in [3.63, 3.8) is 0 Å². The molecule has 3 unspecified atom stereocenters. The van der Waals surface area contributed by atoms with Gasteiger partial charge in [0.1, 0.15) is 0 Å². The van der Waals surface area contributed by atoms with Crippen molar-refractivity contribution < 1.29 is 9.28 Å². The van der Waals surface area contributed by atoms with Crippen LogP contribution in [0, 0.1) is 0 Å². The maximum absolute atomic E-state index is 12.1. The second kappa shape index (κ2) is 3.79. The summed E-state index contributed by atoms with van der Waals surface area (Å²) in [5.74, 6) is 0.238. The minimum Gasteiger partial charge on any atom is -0.325 e. The normalized spacial score (nSPS) is 38.6. The molecule has 0 bridgehead atoms. The minimum atomic E-state index is -0.432. The fourth-order valence-corrected chi connectivity index (χ4v) is 3.05. The molecule has 4 N–H and O–H groups in total. The van der Waals surface area contributed by atoms with E-state index in [0.717, 1.165) is 13.0 Å². The first-order valence-electron chi connectivity index (χ1n) is 6.12. The Morgan fingerprint density at radius 2 is 1.94 bits per heavy atom. The Labute approximate surface area is 98.6 Å². The van der Waals surface area contributed by atoms with Gasteiger partial charge >= 0.3 is 5.91 Å². The van der Waals surface area contributed by atoms with E-state index >= 15 is 0 Å². The Balaban J connectivity index is 2.93. The average molecular weight is 228 g/mol. The van der Waals surface area contributed by atoms with Crippen LogP contribution in [0.4, 0.5) is 0 Å². The molecule has 4 heteroatoms. The molecule has 0 aromatic carbocycles. The lowest BCUT2D eigenvalue weighted by Gasteiger charge is -2.21. The van der Waals surface area contributed by atoms with Crippen molar-refractivity contribution in [3.05, 3.63) is 0 Å². The van der Waals surface area contributed by atoms with Crippen LogP contribution in [0.15, 0.2) is 0 Å². The third-order valence-corrected chi connectivity index (χ3v) is 3.96. The predicted molar refractivity (Wildman–Crippen MR) is 65.4 cm³/mol. The maximum Gasteiger partial charge on any atom is 0.315 e. The largest absolute Gasteiger partial charge is 0.325 e. The third-order valence-electron chi connectivity index (χ3n) is 3.96. The van der Waals surface area contributed by atoms with Gasteiger partial charge in [0.2, 0.25) is 5.66 Å². The molecule has 0 aromatic rings. The number of hydrogen-bond acceptors (Lipinski definition) is 3. The van der Waals surface area contributed by atoms with Crippen LogP contribution in [0.1, 0.15) is 47.5 Å². The van der Waals surface area contributed by atoms with Gasteiger partial charge < -0.3 is 5.73 Å². The smallest absolute Gasteiger partial charge is 0.315 e. The van der Waals surface area contributed by atoms with Gasteiger partial charge in [-0.2, -0.15) is 0 Å². The van der Waals surface area contributed by atoms with E-state index in [0.29, 0.717) is 10.9 Å². The zero-order valence-corrected chi connectivity index (χ0v) is 11.2. The van der Waals surface area contributed by atoms with Gasteiger partial charge in [0.05, 0.1) is 13.0 Å². The highest BCUT2D eigenvalue weighted by Gasteiger charge is 2.77. The van der Waals surface area contributed by atoms with Crippen LogP contribution in [0.25, 0.3) is 0 Å². The molecule has 1 heterocycles. The number of rotatable bonds is 4. The highest BCUT2D eigenvalue weighted by atomic mass is 16.2. The number of hydrogen-bond donors (Lipinski definition) is 2. The molecule has 4 nitrogen and oxygen atoms in total. The van der Waals surface area contributed by atoms with E-state index in [2.05, 4.69) is 0 Å². The molecule has 1 saturated heterocycles. The second-order valence-electron chi connectivity index (χ2n) is 5.87. The number of amides is 1. The van der Waals surface area contributed by atoms with Crippen molar-refractivity contribution in [2.75, 3.05) is 6.54 Å². The summed E-state index contributed by atoms with van der Waals surface area (Å²) in [6.45, 7) is 10.6. The van der Waals surface area contributed by atoms with Crippen molar-refractivity contribution in [3.8, 4) is 0 Å². The van der Waals surface area contributed by atoms with Crippen LogP contribution in [0.3, 0.4) is 0 Å². The van der Waals surface area contributed by atoms with Gasteiger partial charge in [-0.3, -0.25) is 5.73 Å². The van der Waals surface area contributed by atoms with E-state index in [1.54, 1.807) is 0 Å². The molecule has 3 atom stereocenters. The van der Waals surface area contributed by atoms with Crippen molar-refractivity contribution in [2.45, 2.75) is 64.7 Å². The Kier molecular flexibility index (Phi) is 3.22. The summed E-state index contributed by atoms with van der Waals surface area (Å²) in [7, 11) is 0. The van der Waals surface area contributed by atoms with Crippen molar-refractivity contribution in [2.24, 2.45) is 11.5 Å². The Morgan fingerprint density at radius 3 is 2.25 bits per heavy atom. The van der Waals surface area contributed by atoms with E-state index in [9.17, 15) is 4.79 Å². The van der Waals surface area contributed by atoms with Gasteiger partial charge in [0, 0.05) is 18.9 Å². The predicted octanol–water partition coefficient (Wildman–Crippen LogP) is 0.944. The van der Waals surface area contributed by atoms with E-state index in [1.807, 2.05) is 34.6 Å². The van der Waals surface area contributed by atoms with Gasteiger partial charge in [-0.25, -0.2) is 9.28 Å². The van der Waals surface area contributed by atoms with E-state index in [1.165, 1.54) is 0 Å². The lowest BCUT2D eigenvalue weighted by Crippen LogP contribution is -2.44. The highest BCUT2D eigenvalue weighted by Crippen LogP contribution is 2.50. The van der Waals surface area contributed by atoms with Crippen LogP contribution in [-0.2, 0) is 4.79 Å². The molecular formula is C12H26N3O+. The fraction of sp³-hybridized carbons (Fsp3) is 0.917. The van der Waals surface area contributed by atoms with Crippen LogP contribution >= 0.6 is 0 Å². The molecule has 16 heavy (non-hydrogen) atoms. The second-order valence-corrected chi connectivity index (χ2v) is 5.87. The molecule has 0 saturated carbocycles. The molecule has 1 aliphatic heterocycles. The van der Waals surface area contributed by atoms with Crippen molar-refractivity contribution >= 4 is 5.91 Å². The first kappa shape index (κ1) is 13.6. The molecule has 94 valence electrons. The van der Waals surface area contributed by atoms with Gasteiger partial charge in [0.15, 0.2) is 6.04 Å². The number of nitrogens with zero attached hydrogens (tertiary/aromatic N) is 1. The maximum atomic E-state index is 12.1. The summed E-state index contributed by atoms with van der Waals surface area (Å²) in [6.07, 6.45) is 1.34. The Hall–Kier alpha value is -0.450. The standard InChI is InChI=1S/C12H26N3O/c1-6-10(16)15(7-2)9(12(15,5)14)8-11(3,4)13/h9H,6-8,13-14H2,1-5H3/q+1. The molecule has 0 aliphatic carbocycles. The topological polar surface area (TPSA) is 69.1 Å².